The van der Waals surface area contributed by atoms with Crippen LogP contribution in [0, 0.1) is 5.92 Å². The highest BCUT2D eigenvalue weighted by atomic mass is 15.2. The largest absolute Gasteiger partial charge is 0.309 e. The molecular weight excluding hydrogens is 244 g/mol. The Labute approximate surface area is 124 Å². The lowest BCUT2D eigenvalue weighted by Crippen LogP contribution is -2.58. The highest BCUT2D eigenvalue weighted by Crippen LogP contribution is 2.27. The van der Waals surface area contributed by atoms with Gasteiger partial charge in [0.2, 0.25) is 0 Å². The van der Waals surface area contributed by atoms with Crippen molar-refractivity contribution in [2.45, 2.75) is 52.1 Å². The zero-order chi connectivity index (χ0) is 14.6. The van der Waals surface area contributed by atoms with Gasteiger partial charge >= 0.3 is 0 Å². The van der Waals surface area contributed by atoms with Crippen molar-refractivity contribution in [2.75, 3.05) is 19.6 Å². The van der Waals surface area contributed by atoms with Gasteiger partial charge in [-0.1, -0.05) is 44.2 Å². The van der Waals surface area contributed by atoms with Gasteiger partial charge in [0, 0.05) is 24.7 Å². The Hall–Kier alpha value is -0.860. The van der Waals surface area contributed by atoms with E-state index in [1.54, 1.807) is 0 Å². The summed E-state index contributed by atoms with van der Waals surface area (Å²) < 4.78 is 0. The Bertz CT molecular complexity index is 397. The Morgan fingerprint density at radius 1 is 1.25 bits per heavy atom. The van der Waals surface area contributed by atoms with Gasteiger partial charge in [0.05, 0.1) is 0 Å². The van der Waals surface area contributed by atoms with Crippen LogP contribution in [0.4, 0.5) is 0 Å². The Morgan fingerprint density at radius 3 is 2.60 bits per heavy atom. The van der Waals surface area contributed by atoms with Gasteiger partial charge in [-0.2, -0.15) is 0 Å². The van der Waals surface area contributed by atoms with E-state index in [1.807, 2.05) is 0 Å². The number of piperazine rings is 1. The molecule has 1 unspecified atom stereocenters. The van der Waals surface area contributed by atoms with Crippen LogP contribution >= 0.6 is 0 Å². The molecule has 0 radical (unpaired) electrons. The van der Waals surface area contributed by atoms with Crippen LogP contribution in [0.15, 0.2) is 30.3 Å². The topological polar surface area (TPSA) is 15.3 Å². The summed E-state index contributed by atoms with van der Waals surface area (Å²) in [5.41, 5.74) is 1.67. The van der Waals surface area contributed by atoms with E-state index in [4.69, 9.17) is 0 Å². The molecule has 0 aromatic heterocycles. The van der Waals surface area contributed by atoms with Crippen LogP contribution in [0.1, 0.15) is 52.1 Å². The molecule has 2 heteroatoms. The molecule has 0 saturated carbocycles. The molecule has 1 fully saturated rings. The van der Waals surface area contributed by atoms with Crippen LogP contribution in [0.2, 0.25) is 0 Å². The van der Waals surface area contributed by atoms with Crippen LogP contribution < -0.4 is 5.32 Å². The van der Waals surface area contributed by atoms with Gasteiger partial charge < -0.3 is 5.32 Å². The van der Waals surface area contributed by atoms with Gasteiger partial charge in [-0.05, 0) is 44.7 Å². The molecule has 1 aliphatic heterocycles. The average molecular weight is 274 g/mol. The van der Waals surface area contributed by atoms with Gasteiger partial charge in [0.1, 0.15) is 0 Å². The van der Waals surface area contributed by atoms with Gasteiger partial charge in [-0.25, -0.2) is 0 Å². The molecule has 1 aromatic carbocycles. The molecule has 1 atom stereocenters. The fourth-order valence-electron chi connectivity index (χ4n) is 3.12. The van der Waals surface area contributed by atoms with Crippen LogP contribution in [0.3, 0.4) is 0 Å². The third kappa shape index (κ3) is 4.32. The van der Waals surface area contributed by atoms with Crippen LogP contribution in [0.25, 0.3) is 0 Å². The molecule has 2 rings (SSSR count). The second-order valence-corrected chi connectivity index (χ2v) is 7.20. The SMILES string of the molecule is CC(C)CCCN1CC(C)(C)NCC1c1ccccc1. The van der Waals surface area contributed by atoms with Crippen molar-refractivity contribution in [3.05, 3.63) is 35.9 Å². The van der Waals surface area contributed by atoms with Crippen molar-refractivity contribution < 1.29 is 0 Å². The number of benzene rings is 1. The summed E-state index contributed by atoms with van der Waals surface area (Å²) in [7, 11) is 0. The van der Waals surface area contributed by atoms with Crippen LogP contribution in [-0.2, 0) is 0 Å². The van der Waals surface area contributed by atoms with E-state index < -0.39 is 0 Å². The molecule has 1 saturated heterocycles. The van der Waals surface area contributed by atoms with Crippen molar-refractivity contribution in [1.82, 2.24) is 10.2 Å². The number of hydrogen-bond acceptors (Lipinski definition) is 2. The van der Waals surface area contributed by atoms with Gasteiger partial charge in [-0.15, -0.1) is 0 Å². The van der Waals surface area contributed by atoms with Crippen molar-refractivity contribution in [3.8, 4) is 0 Å². The Balaban J connectivity index is 2.04. The zero-order valence-corrected chi connectivity index (χ0v) is 13.5. The maximum absolute atomic E-state index is 3.69. The summed E-state index contributed by atoms with van der Waals surface area (Å²) in [5.74, 6) is 0.807. The number of nitrogens with one attached hydrogen (secondary N) is 1. The highest BCUT2D eigenvalue weighted by Gasteiger charge is 2.32. The van der Waals surface area contributed by atoms with Gasteiger partial charge in [-0.3, -0.25) is 4.90 Å². The molecule has 0 spiro atoms. The molecule has 0 amide bonds. The third-order valence-corrected chi connectivity index (χ3v) is 4.22. The molecule has 0 bridgehead atoms. The summed E-state index contributed by atoms with van der Waals surface area (Å²) in [6.45, 7) is 12.6. The minimum absolute atomic E-state index is 0.225. The first-order valence-electron chi connectivity index (χ1n) is 8.02. The van der Waals surface area contributed by atoms with E-state index >= 15 is 0 Å². The van der Waals surface area contributed by atoms with Crippen LogP contribution in [-0.4, -0.2) is 30.1 Å². The first-order chi connectivity index (χ1) is 9.48. The summed E-state index contributed by atoms with van der Waals surface area (Å²) in [5, 5.41) is 3.69. The second kappa shape index (κ2) is 6.73. The van der Waals surface area contributed by atoms with Crippen molar-refractivity contribution in [2.24, 2.45) is 5.92 Å². The predicted molar refractivity (Wildman–Crippen MR) is 86.9 cm³/mol. The maximum Gasteiger partial charge on any atom is 0.0473 e. The lowest BCUT2D eigenvalue weighted by molar-refractivity contribution is 0.0923. The van der Waals surface area contributed by atoms with Gasteiger partial charge in [0.25, 0.3) is 0 Å². The fraction of sp³-hybridized carbons (Fsp3) is 0.667. The first-order valence-corrected chi connectivity index (χ1v) is 8.02. The molecule has 112 valence electrons. The average Bonchev–Trinajstić information content (AvgIpc) is 2.38. The molecule has 2 nitrogen and oxygen atoms in total. The predicted octanol–water partition coefficient (Wildman–Crippen LogP) is 3.85. The van der Waals surface area contributed by atoms with E-state index in [0.29, 0.717) is 6.04 Å². The van der Waals surface area contributed by atoms with Crippen LogP contribution in [0.5, 0.6) is 0 Å². The first kappa shape index (κ1) is 15.5. The normalized spacial score (nSPS) is 23.1. The summed E-state index contributed by atoms with van der Waals surface area (Å²) in [6, 6.07) is 11.5. The van der Waals surface area contributed by atoms with E-state index in [2.05, 4.69) is 68.2 Å². The number of hydrogen-bond donors (Lipinski definition) is 1. The van der Waals surface area contributed by atoms with Gasteiger partial charge in [0.15, 0.2) is 0 Å². The number of rotatable bonds is 5. The zero-order valence-electron chi connectivity index (χ0n) is 13.5. The highest BCUT2D eigenvalue weighted by molar-refractivity contribution is 5.20. The third-order valence-electron chi connectivity index (χ3n) is 4.22. The quantitative estimate of drug-likeness (QED) is 0.877. The van der Waals surface area contributed by atoms with Crippen molar-refractivity contribution in [1.29, 1.82) is 0 Å². The number of nitrogens with zero attached hydrogens (tertiary/aromatic N) is 1. The summed E-state index contributed by atoms with van der Waals surface area (Å²) in [4.78, 5) is 2.67. The van der Waals surface area contributed by atoms with E-state index in [-0.39, 0.29) is 5.54 Å². The lowest BCUT2D eigenvalue weighted by Gasteiger charge is -2.45. The fourth-order valence-corrected chi connectivity index (χ4v) is 3.12. The van der Waals surface area contributed by atoms with Crippen molar-refractivity contribution >= 4 is 0 Å². The summed E-state index contributed by atoms with van der Waals surface area (Å²) in [6.07, 6.45) is 2.63. The molecule has 0 aliphatic carbocycles. The molecule has 1 N–H and O–H groups in total. The monoisotopic (exact) mass is 274 g/mol. The van der Waals surface area contributed by atoms with Crippen molar-refractivity contribution in [3.63, 3.8) is 0 Å². The minimum Gasteiger partial charge on any atom is -0.309 e. The minimum atomic E-state index is 0.225. The summed E-state index contributed by atoms with van der Waals surface area (Å²) >= 11 is 0. The second-order valence-electron chi connectivity index (χ2n) is 7.20. The Morgan fingerprint density at radius 2 is 1.95 bits per heavy atom. The van der Waals surface area contributed by atoms with E-state index in [0.717, 1.165) is 19.0 Å². The Kier molecular flexibility index (Phi) is 5.22. The smallest absolute Gasteiger partial charge is 0.0473 e. The molecule has 1 aliphatic rings. The molecule has 1 heterocycles. The lowest BCUT2D eigenvalue weighted by atomic mass is 9.94. The molecule has 1 aromatic rings. The van der Waals surface area contributed by atoms with E-state index in [1.165, 1.54) is 24.9 Å². The molecular formula is C18H30N2. The maximum atomic E-state index is 3.69. The molecule has 20 heavy (non-hydrogen) atoms. The standard InChI is InChI=1S/C18H30N2/c1-15(2)9-8-12-20-14-18(3,4)19-13-17(20)16-10-6-5-7-11-16/h5-7,10-11,15,17,19H,8-9,12-14H2,1-4H3. The van der Waals surface area contributed by atoms with E-state index in [9.17, 15) is 0 Å².